The number of allylic oxidation sites excluding steroid dienone is 2. The molecule has 78 valence electrons. The third kappa shape index (κ3) is 1.71. The van der Waals surface area contributed by atoms with E-state index in [0.29, 0.717) is 0 Å². The molecule has 0 aliphatic heterocycles. The topological polar surface area (TPSA) is 12.9 Å². The van der Waals surface area contributed by atoms with Crippen molar-refractivity contribution in [3.63, 3.8) is 0 Å². The lowest BCUT2D eigenvalue weighted by Gasteiger charge is -2.12. The lowest BCUT2D eigenvalue weighted by molar-refractivity contribution is 0.739. The molecule has 0 bridgehead atoms. The van der Waals surface area contributed by atoms with Gasteiger partial charge in [0.1, 0.15) is 0 Å². The van der Waals surface area contributed by atoms with Gasteiger partial charge >= 0.3 is 0 Å². The van der Waals surface area contributed by atoms with Crippen molar-refractivity contribution in [1.82, 2.24) is 4.98 Å². The Balaban J connectivity index is 1.95. The van der Waals surface area contributed by atoms with Crippen molar-refractivity contribution in [2.75, 3.05) is 0 Å². The number of pyridine rings is 1. The second-order valence-corrected chi connectivity index (χ2v) is 4.67. The van der Waals surface area contributed by atoms with Gasteiger partial charge in [0.25, 0.3) is 0 Å². The van der Waals surface area contributed by atoms with E-state index in [4.69, 9.17) is 0 Å². The van der Waals surface area contributed by atoms with E-state index in [2.05, 4.69) is 23.3 Å². The lowest BCUT2D eigenvalue weighted by Crippen LogP contribution is -1.96. The van der Waals surface area contributed by atoms with Crippen molar-refractivity contribution in [1.29, 1.82) is 0 Å². The monoisotopic (exact) mass is 199 g/mol. The quantitative estimate of drug-likeness (QED) is 0.674. The average Bonchev–Trinajstić information content (AvgIpc) is 2.77. The van der Waals surface area contributed by atoms with Gasteiger partial charge in [0.2, 0.25) is 0 Å². The SMILES string of the molecule is C1=C(c2cc3c(cn2)CCC3)CCCC1. The van der Waals surface area contributed by atoms with Crippen LogP contribution in [0.2, 0.25) is 0 Å². The first-order valence-electron chi connectivity index (χ1n) is 6.11. The third-order valence-electron chi connectivity index (χ3n) is 3.60. The Morgan fingerprint density at radius 2 is 1.87 bits per heavy atom. The summed E-state index contributed by atoms with van der Waals surface area (Å²) in [6.07, 6.45) is 13.5. The molecule has 1 heteroatoms. The van der Waals surface area contributed by atoms with Gasteiger partial charge in [0.05, 0.1) is 5.69 Å². The molecule has 0 N–H and O–H groups in total. The fourth-order valence-electron chi connectivity index (χ4n) is 2.70. The summed E-state index contributed by atoms with van der Waals surface area (Å²) in [5.41, 5.74) is 5.76. The van der Waals surface area contributed by atoms with Gasteiger partial charge in [-0.05, 0) is 67.7 Å². The van der Waals surface area contributed by atoms with Crippen LogP contribution in [0.1, 0.15) is 48.9 Å². The maximum Gasteiger partial charge on any atom is 0.0661 e. The normalized spacial score (nSPS) is 19.9. The van der Waals surface area contributed by atoms with E-state index in [0.717, 1.165) is 0 Å². The predicted molar refractivity (Wildman–Crippen MR) is 62.7 cm³/mol. The summed E-state index contributed by atoms with van der Waals surface area (Å²) in [5, 5.41) is 0. The minimum atomic E-state index is 1.23. The Morgan fingerprint density at radius 1 is 0.933 bits per heavy atom. The summed E-state index contributed by atoms with van der Waals surface area (Å²) >= 11 is 0. The summed E-state index contributed by atoms with van der Waals surface area (Å²) in [6, 6.07) is 2.33. The molecule has 1 aromatic rings. The van der Waals surface area contributed by atoms with Gasteiger partial charge in [0.15, 0.2) is 0 Å². The number of nitrogens with zero attached hydrogens (tertiary/aromatic N) is 1. The van der Waals surface area contributed by atoms with E-state index in [1.807, 2.05) is 0 Å². The van der Waals surface area contributed by atoms with E-state index in [-0.39, 0.29) is 0 Å². The van der Waals surface area contributed by atoms with Gasteiger partial charge in [-0.1, -0.05) is 6.08 Å². The Labute approximate surface area is 91.2 Å². The number of aromatic nitrogens is 1. The van der Waals surface area contributed by atoms with Gasteiger partial charge in [0, 0.05) is 6.20 Å². The van der Waals surface area contributed by atoms with Crippen LogP contribution in [-0.4, -0.2) is 4.98 Å². The molecule has 0 atom stereocenters. The molecule has 0 unspecified atom stereocenters. The standard InChI is InChI=1S/C14H17N/c1-2-5-11(6-3-1)14-9-12-7-4-8-13(12)10-15-14/h5,9-10H,1-4,6-8H2. The van der Waals surface area contributed by atoms with Crippen LogP contribution in [0.5, 0.6) is 0 Å². The van der Waals surface area contributed by atoms with Crippen LogP contribution in [0.4, 0.5) is 0 Å². The van der Waals surface area contributed by atoms with Gasteiger partial charge < -0.3 is 0 Å². The highest BCUT2D eigenvalue weighted by atomic mass is 14.7. The number of hydrogen-bond donors (Lipinski definition) is 0. The summed E-state index contributed by atoms with van der Waals surface area (Å²) in [6.45, 7) is 0. The van der Waals surface area contributed by atoms with Gasteiger partial charge in [-0.15, -0.1) is 0 Å². The molecule has 1 aromatic heterocycles. The van der Waals surface area contributed by atoms with Crippen LogP contribution in [0, 0.1) is 0 Å². The summed E-state index contributed by atoms with van der Waals surface area (Å²) in [7, 11) is 0. The first kappa shape index (κ1) is 9.14. The lowest BCUT2D eigenvalue weighted by atomic mass is 9.96. The summed E-state index contributed by atoms with van der Waals surface area (Å²) < 4.78 is 0. The molecule has 1 nitrogen and oxygen atoms in total. The fourth-order valence-corrected chi connectivity index (χ4v) is 2.70. The summed E-state index contributed by atoms with van der Waals surface area (Å²) in [5.74, 6) is 0. The van der Waals surface area contributed by atoms with Crippen LogP contribution < -0.4 is 0 Å². The Kier molecular flexibility index (Phi) is 2.32. The zero-order chi connectivity index (χ0) is 10.1. The zero-order valence-electron chi connectivity index (χ0n) is 9.13. The van der Waals surface area contributed by atoms with E-state index in [1.165, 1.54) is 61.8 Å². The molecule has 0 saturated heterocycles. The van der Waals surface area contributed by atoms with Crippen molar-refractivity contribution < 1.29 is 0 Å². The van der Waals surface area contributed by atoms with Crippen molar-refractivity contribution in [2.45, 2.75) is 44.9 Å². The van der Waals surface area contributed by atoms with Crippen molar-refractivity contribution in [3.8, 4) is 0 Å². The third-order valence-corrected chi connectivity index (χ3v) is 3.60. The number of aryl methyl sites for hydroxylation is 2. The molecule has 0 spiro atoms. The first-order valence-corrected chi connectivity index (χ1v) is 6.11. The predicted octanol–water partition coefficient (Wildman–Crippen LogP) is 3.53. The maximum absolute atomic E-state index is 4.61. The highest BCUT2D eigenvalue weighted by Crippen LogP contribution is 2.28. The molecule has 0 aromatic carbocycles. The minimum Gasteiger partial charge on any atom is -0.256 e. The van der Waals surface area contributed by atoms with Crippen molar-refractivity contribution in [3.05, 3.63) is 35.2 Å². The van der Waals surface area contributed by atoms with Crippen molar-refractivity contribution >= 4 is 5.57 Å². The minimum absolute atomic E-state index is 1.23. The molecule has 0 fully saturated rings. The second kappa shape index (κ2) is 3.80. The molecular weight excluding hydrogens is 182 g/mol. The number of hydrogen-bond acceptors (Lipinski definition) is 1. The van der Waals surface area contributed by atoms with E-state index in [1.54, 1.807) is 5.56 Å². The van der Waals surface area contributed by atoms with Crippen LogP contribution >= 0.6 is 0 Å². The molecular formula is C14H17N. The van der Waals surface area contributed by atoms with E-state index < -0.39 is 0 Å². The molecule has 1 heterocycles. The van der Waals surface area contributed by atoms with Crippen LogP contribution in [0.3, 0.4) is 0 Å². The molecule has 0 saturated carbocycles. The smallest absolute Gasteiger partial charge is 0.0661 e. The number of rotatable bonds is 1. The van der Waals surface area contributed by atoms with Crippen LogP contribution in [0.15, 0.2) is 18.3 Å². The zero-order valence-corrected chi connectivity index (χ0v) is 9.13. The van der Waals surface area contributed by atoms with E-state index in [9.17, 15) is 0 Å². The van der Waals surface area contributed by atoms with Crippen molar-refractivity contribution in [2.24, 2.45) is 0 Å². The molecule has 0 amide bonds. The molecule has 2 aliphatic rings. The Hall–Kier alpha value is -1.11. The Morgan fingerprint density at radius 3 is 2.73 bits per heavy atom. The number of fused-ring (bicyclic) bond motifs is 1. The Bertz CT molecular complexity index is 404. The average molecular weight is 199 g/mol. The maximum atomic E-state index is 4.61. The molecule has 0 radical (unpaired) electrons. The largest absolute Gasteiger partial charge is 0.256 e. The van der Waals surface area contributed by atoms with Crippen LogP contribution in [0.25, 0.3) is 5.57 Å². The van der Waals surface area contributed by atoms with Crippen LogP contribution in [-0.2, 0) is 12.8 Å². The highest BCUT2D eigenvalue weighted by molar-refractivity contribution is 5.64. The van der Waals surface area contributed by atoms with E-state index >= 15 is 0 Å². The van der Waals surface area contributed by atoms with Gasteiger partial charge in [-0.25, -0.2) is 0 Å². The summed E-state index contributed by atoms with van der Waals surface area (Å²) in [4.78, 5) is 4.61. The highest BCUT2D eigenvalue weighted by Gasteiger charge is 2.14. The van der Waals surface area contributed by atoms with Gasteiger partial charge in [-0.3, -0.25) is 4.98 Å². The molecule has 3 rings (SSSR count). The molecule has 2 aliphatic carbocycles. The first-order chi connectivity index (χ1) is 7.43. The molecule has 15 heavy (non-hydrogen) atoms. The second-order valence-electron chi connectivity index (χ2n) is 4.67. The van der Waals surface area contributed by atoms with Gasteiger partial charge in [-0.2, -0.15) is 0 Å². The fraction of sp³-hybridized carbons (Fsp3) is 0.500.